The van der Waals surface area contributed by atoms with Gasteiger partial charge in [-0.1, -0.05) is 22.8 Å². The molecular weight excluding hydrogens is 473 g/mol. The van der Waals surface area contributed by atoms with Gasteiger partial charge in [0.05, 0.1) is 29.0 Å². The van der Waals surface area contributed by atoms with Crippen molar-refractivity contribution in [2.75, 3.05) is 6.61 Å². The summed E-state index contributed by atoms with van der Waals surface area (Å²) >= 11 is 6.02. The Morgan fingerprint density at radius 1 is 1.09 bits per heavy atom. The Balaban J connectivity index is 1.92. The number of halogens is 6. The lowest BCUT2D eigenvalue weighted by atomic mass is 10.1. The van der Waals surface area contributed by atoms with Gasteiger partial charge in [0, 0.05) is 12.1 Å². The second-order valence-electron chi connectivity index (χ2n) is 6.53. The van der Waals surface area contributed by atoms with Gasteiger partial charge in [0.15, 0.2) is 34.7 Å². The topological polar surface area (TPSA) is 70.2 Å². The molecule has 0 unspecified atom stereocenters. The molecule has 0 atom stereocenters. The average molecular weight is 484 g/mol. The van der Waals surface area contributed by atoms with Crippen molar-refractivity contribution in [1.29, 1.82) is 0 Å². The van der Waals surface area contributed by atoms with Crippen molar-refractivity contribution >= 4 is 17.6 Å². The van der Waals surface area contributed by atoms with E-state index in [9.17, 15) is 26.7 Å². The Hall–Kier alpha value is -3.73. The van der Waals surface area contributed by atoms with Crippen molar-refractivity contribution in [3.05, 3.63) is 76.3 Å². The van der Waals surface area contributed by atoms with E-state index in [0.717, 1.165) is 12.3 Å². The molecule has 33 heavy (non-hydrogen) atoms. The lowest BCUT2D eigenvalue weighted by Crippen LogP contribution is -2.16. The van der Waals surface area contributed by atoms with Gasteiger partial charge in [-0.25, -0.2) is 31.4 Å². The van der Waals surface area contributed by atoms with Crippen LogP contribution in [0.5, 0.6) is 0 Å². The third-order valence-electron chi connectivity index (χ3n) is 4.53. The van der Waals surface area contributed by atoms with Crippen molar-refractivity contribution in [2.45, 2.75) is 6.92 Å². The maximum atomic E-state index is 14.4. The van der Waals surface area contributed by atoms with Crippen LogP contribution in [0.4, 0.5) is 22.0 Å². The van der Waals surface area contributed by atoms with E-state index in [1.807, 2.05) is 0 Å². The Bertz CT molecular complexity index is 1340. The van der Waals surface area contributed by atoms with Gasteiger partial charge in [0.1, 0.15) is 17.2 Å². The molecule has 0 saturated carbocycles. The van der Waals surface area contributed by atoms with Crippen LogP contribution in [0.2, 0.25) is 5.02 Å². The molecule has 6 nitrogen and oxygen atoms in total. The number of esters is 1. The summed E-state index contributed by atoms with van der Waals surface area (Å²) in [6.45, 7) is 1.33. The minimum absolute atomic E-state index is 0.0174. The lowest BCUT2D eigenvalue weighted by molar-refractivity contribution is 0.0516. The summed E-state index contributed by atoms with van der Waals surface area (Å²) in [6, 6.07) is 5.16. The van der Waals surface area contributed by atoms with Gasteiger partial charge in [-0.05, 0) is 19.1 Å². The van der Waals surface area contributed by atoms with Gasteiger partial charge >= 0.3 is 5.97 Å². The number of hydrogen-bond donors (Lipinski definition) is 0. The zero-order valence-electron chi connectivity index (χ0n) is 16.5. The van der Waals surface area contributed by atoms with Crippen molar-refractivity contribution in [3.63, 3.8) is 0 Å². The number of nitrogens with zero attached hydrogens (tertiary/aromatic N) is 3. The Morgan fingerprint density at radius 2 is 1.79 bits per heavy atom. The van der Waals surface area contributed by atoms with Gasteiger partial charge < -0.3 is 9.26 Å². The van der Waals surface area contributed by atoms with Gasteiger partial charge in [0.25, 0.3) is 0 Å². The van der Waals surface area contributed by atoms with Crippen LogP contribution >= 0.6 is 11.6 Å². The largest absolute Gasteiger partial charge is 0.461 e. The molecule has 4 rings (SSSR count). The molecule has 0 saturated heterocycles. The monoisotopic (exact) mass is 483 g/mol. The van der Waals surface area contributed by atoms with Crippen LogP contribution in [0, 0.1) is 29.1 Å². The molecule has 0 fully saturated rings. The van der Waals surface area contributed by atoms with E-state index in [-0.39, 0.29) is 40.3 Å². The number of aromatic nitrogens is 3. The molecule has 2 aromatic carbocycles. The molecule has 4 aromatic rings. The number of hydrogen-bond acceptors (Lipinski definition) is 5. The second kappa shape index (κ2) is 8.66. The molecule has 12 heteroatoms. The van der Waals surface area contributed by atoms with Gasteiger partial charge in [-0.2, -0.15) is 5.10 Å². The molecule has 170 valence electrons. The van der Waals surface area contributed by atoms with E-state index in [0.29, 0.717) is 4.68 Å². The standard InChI is InChI=1S/C21H11ClF5N3O3/c1-2-32-21(31)19-9(8-28-30(19)20-17(26)12(24)6-13(25)18(20)27)15-7-14(29-33-15)16-10(22)4-3-5-11(16)23/h3-8H,2H2,1H3. The van der Waals surface area contributed by atoms with E-state index in [2.05, 4.69) is 10.3 Å². The Kier molecular flexibility index (Phi) is 5.90. The smallest absolute Gasteiger partial charge is 0.357 e. The van der Waals surface area contributed by atoms with Crippen LogP contribution in [-0.2, 0) is 4.74 Å². The van der Waals surface area contributed by atoms with Gasteiger partial charge in [-0.3, -0.25) is 0 Å². The predicted octanol–water partition coefficient (Wildman–Crippen LogP) is 5.72. The molecule has 0 aliphatic heterocycles. The quantitative estimate of drug-likeness (QED) is 0.206. The SMILES string of the molecule is CCOC(=O)c1c(-c2cc(-c3c(F)cccc3Cl)no2)cnn1-c1c(F)c(F)cc(F)c1F. The highest BCUT2D eigenvalue weighted by Crippen LogP contribution is 2.35. The maximum absolute atomic E-state index is 14.4. The molecule has 2 aromatic heterocycles. The summed E-state index contributed by atoms with van der Waals surface area (Å²) in [6.07, 6.45) is 0.946. The molecule has 2 heterocycles. The van der Waals surface area contributed by atoms with Crippen LogP contribution in [0.3, 0.4) is 0 Å². The van der Waals surface area contributed by atoms with E-state index >= 15 is 0 Å². The zero-order chi connectivity index (χ0) is 23.9. The number of ether oxygens (including phenoxy) is 1. The molecule has 0 amide bonds. The molecular formula is C21H11ClF5N3O3. The third-order valence-corrected chi connectivity index (χ3v) is 4.85. The first-order chi connectivity index (χ1) is 15.7. The van der Waals surface area contributed by atoms with Gasteiger partial charge in [0.2, 0.25) is 0 Å². The third kappa shape index (κ3) is 3.84. The number of carbonyl (C=O) groups is 1. The Labute approximate surface area is 187 Å². The fourth-order valence-electron chi connectivity index (χ4n) is 3.10. The summed E-state index contributed by atoms with van der Waals surface area (Å²) < 4.78 is 81.0. The second-order valence-corrected chi connectivity index (χ2v) is 6.94. The number of carbonyl (C=O) groups excluding carboxylic acids is 1. The minimum Gasteiger partial charge on any atom is -0.461 e. The molecule has 0 radical (unpaired) electrons. The fourth-order valence-corrected chi connectivity index (χ4v) is 3.36. The number of benzene rings is 2. The van der Waals surface area contributed by atoms with Crippen molar-refractivity contribution in [1.82, 2.24) is 14.9 Å². The summed E-state index contributed by atoms with van der Waals surface area (Å²) in [5.74, 6) is -9.00. The van der Waals surface area contributed by atoms with E-state index < -0.39 is 46.4 Å². The maximum Gasteiger partial charge on any atom is 0.357 e. The van der Waals surface area contributed by atoms with Crippen LogP contribution in [-0.4, -0.2) is 27.5 Å². The Morgan fingerprint density at radius 3 is 2.42 bits per heavy atom. The first-order valence-corrected chi connectivity index (χ1v) is 9.62. The first-order valence-electron chi connectivity index (χ1n) is 9.24. The molecule has 0 N–H and O–H groups in total. The normalized spacial score (nSPS) is 11.1. The summed E-state index contributed by atoms with van der Waals surface area (Å²) in [7, 11) is 0. The van der Waals surface area contributed by atoms with E-state index in [1.54, 1.807) is 0 Å². The average Bonchev–Trinajstić information content (AvgIpc) is 3.40. The van der Waals surface area contributed by atoms with Crippen molar-refractivity contribution in [2.24, 2.45) is 0 Å². The highest BCUT2D eigenvalue weighted by Gasteiger charge is 2.30. The van der Waals surface area contributed by atoms with E-state index in [1.165, 1.54) is 25.1 Å². The molecule has 0 aliphatic carbocycles. The zero-order valence-corrected chi connectivity index (χ0v) is 17.3. The van der Waals surface area contributed by atoms with Crippen LogP contribution in [0.1, 0.15) is 17.4 Å². The van der Waals surface area contributed by atoms with Crippen LogP contribution in [0.15, 0.2) is 41.1 Å². The lowest BCUT2D eigenvalue weighted by Gasteiger charge is -2.11. The fraction of sp³-hybridized carbons (Fsp3) is 0.0952. The number of rotatable bonds is 5. The first kappa shape index (κ1) is 22.5. The minimum atomic E-state index is -1.79. The summed E-state index contributed by atoms with van der Waals surface area (Å²) in [4.78, 5) is 12.6. The van der Waals surface area contributed by atoms with Crippen LogP contribution in [0.25, 0.3) is 28.3 Å². The highest BCUT2D eigenvalue weighted by molar-refractivity contribution is 6.33. The molecule has 0 aliphatic rings. The molecule has 0 bridgehead atoms. The van der Waals surface area contributed by atoms with Crippen LogP contribution < -0.4 is 0 Å². The summed E-state index contributed by atoms with van der Waals surface area (Å²) in [5.41, 5.74) is -2.22. The predicted molar refractivity (Wildman–Crippen MR) is 105 cm³/mol. The highest BCUT2D eigenvalue weighted by atomic mass is 35.5. The van der Waals surface area contributed by atoms with Crippen molar-refractivity contribution < 1.29 is 36.0 Å². The summed E-state index contributed by atoms with van der Waals surface area (Å²) in [5, 5.41) is 7.44. The van der Waals surface area contributed by atoms with E-state index in [4.69, 9.17) is 20.9 Å². The molecule has 0 spiro atoms. The van der Waals surface area contributed by atoms with Crippen molar-refractivity contribution in [3.8, 4) is 28.3 Å². The van der Waals surface area contributed by atoms with Gasteiger partial charge in [-0.15, -0.1) is 0 Å².